The summed E-state index contributed by atoms with van der Waals surface area (Å²) in [6.45, 7) is 0. The molecule has 0 amide bonds. The molecule has 2 aromatic rings. The predicted octanol–water partition coefficient (Wildman–Crippen LogP) is 3.24. The summed E-state index contributed by atoms with van der Waals surface area (Å²) < 4.78 is 0. The van der Waals surface area contributed by atoms with E-state index in [-0.39, 0.29) is 0 Å². The molecule has 0 aliphatic carbocycles. The first-order valence-electron chi connectivity index (χ1n) is 6.04. The van der Waals surface area contributed by atoms with Gasteiger partial charge in [-0.1, -0.05) is 18.2 Å². The number of pyridine rings is 2. The van der Waals surface area contributed by atoms with Gasteiger partial charge in [0.2, 0.25) is 0 Å². The molecule has 0 N–H and O–H groups in total. The number of rotatable bonds is 2. The Kier molecular flexibility index (Phi) is 2.96. The van der Waals surface area contributed by atoms with Gasteiger partial charge in [-0.2, -0.15) is 0 Å². The number of allylic oxidation sites excluding steroid dienone is 1. The molecule has 18 heavy (non-hydrogen) atoms. The van der Waals surface area contributed by atoms with Gasteiger partial charge < -0.3 is 0 Å². The van der Waals surface area contributed by atoms with Gasteiger partial charge in [0.25, 0.3) is 0 Å². The van der Waals surface area contributed by atoms with E-state index in [1.165, 1.54) is 0 Å². The SMILES string of the molecule is C1=CN=C(c2cccc(-c3ccccn3)n2)CC1. The van der Waals surface area contributed by atoms with Gasteiger partial charge in [0, 0.05) is 12.4 Å². The second-order valence-corrected chi connectivity index (χ2v) is 4.12. The van der Waals surface area contributed by atoms with Crippen molar-refractivity contribution >= 4 is 5.71 Å². The van der Waals surface area contributed by atoms with Crippen LogP contribution in [0.1, 0.15) is 18.5 Å². The van der Waals surface area contributed by atoms with E-state index in [1.807, 2.05) is 42.6 Å². The summed E-state index contributed by atoms with van der Waals surface area (Å²) in [7, 11) is 0. The fraction of sp³-hybridized carbons (Fsp3) is 0.133. The Morgan fingerprint density at radius 2 is 1.78 bits per heavy atom. The summed E-state index contributed by atoms with van der Waals surface area (Å²) in [6.07, 6.45) is 7.70. The van der Waals surface area contributed by atoms with Gasteiger partial charge in [0.15, 0.2) is 0 Å². The maximum absolute atomic E-state index is 4.64. The first-order valence-corrected chi connectivity index (χ1v) is 6.04. The first-order chi connectivity index (χ1) is 8.93. The monoisotopic (exact) mass is 235 g/mol. The average molecular weight is 235 g/mol. The van der Waals surface area contributed by atoms with Crippen molar-refractivity contribution < 1.29 is 0 Å². The van der Waals surface area contributed by atoms with Gasteiger partial charge in [-0.05, 0) is 37.1 Å². The second-order valence-electron chi connectivity index (χ2n) is 4.12. The lowest BCUT2D eigenvalue weighted by atomic mass is 10.1. The molecule has 3 rings (SSSR count). The summed E-state index contributed by atoms with van der Waals surface area (Å²) in [5, 5.41) is 0. The lowest BCUT2D eigenvalue weighted by molar-refractivity contribution is 1.05. The molecule has 2 aromatic heterocycles. The molecule has 0 radical (unpaired) electrons. The fourth-order valence-electron chi connectivity index (χ4n) is 1.95. The number of aliphatic imine (C=N–C) groups is 1. The highest BCUT2D eigenvalue weighted by Crippen LogP contribution is 2.16. The maximum atomic E-state index is 4.64. The van der Waals surface area contributed by atoms with E-state index in [1.54, 1.807) is 6.20 Å². The third kappa shape index (κ3) is 2.20. The number of hydrogen-bond donors (Lipinski definition) is 0. The highest BCUT2D eigenvalue weighted by Gasteiger charge is 2.08. The molecule has 0 atom stereocenters. The van der Waals surface area contributed by atoms with E-state index in [9.17, 15) is 0 Å². The van der Waals surface area contributed by atoms with Gasteiger partial charge in [-0.15, -0.1) is 0 Å². The van der Waals surface area contributed by atoms with E-state index in [4.69, 9.17) is 0 Å². The minimum atomic E-state index is 0.894. The lowest BCUT2D eigenvalue weighted by Gasteiger charge is -2.08. The molecule has 0 saturated carbocycles. The number of hydrogen-bond acceptors (Lipinski definition) is 3. The molecule has 0 spiro atoms. The summed E-state index contributed by atoms with van der Waals surface area (Å²) >= 11 is 0. The Hall–Kier alpha value is -2.29. The smallest absolute Gasteiger partial charge is 0.0894 e. The van der Waals surface area contributed by atoms with Crippen LogP contribution in [0.2, 0.25) is 0 Å². The van der Waals surface area contributed by atoms with Crippen molar-refractivity contribution in [3.63, 3.8) is 0 Å². The Balaban J connectivity index is 1.99. The Labute approximate surface area is 106 Å². The van der Waals surface area contributed by atoms with Crippen LogP contribution < -0.4 is 0 Å². The summed E-state index contributed by atoms with van der Waals surface area (Å²) in [5.41, 5.74) is 3.79. The van der Waals surface area contributed by atoms with Crippen molar-refractivity contribution in [3.05, 3.63) is 60.6 Å². The van der Waals surface area contributed by atoms with Crippen LogP contribution in [0.3, 0.4) is 0 Å². The van der Waals surface area contributed by atoms with Crippen molar-refractivity contribution in [1.82, 2.24) is 9.97 Å². The molecule has 3 heteroatoms. The molecule has 0 fully saturated rings. The molecule has 1 aliphatic heterocycles. The third-order valence-corrected chi connectivity index (χ3v) is 2.86. The molecular formula is C15H13N3. The molecule has 1 aliphatic rings. The topological polar surface area (TPSA) is 38.1 Å². The van der Waals surface area contributed by atoms with Crippen LogP contribution in [0, 0.1) is 0 Å². The van der Waals surface area contributed by atoms with E-state index in [2.05, 4.69) is 21.0 Å². The average Bonchev–Trinajstić information content (AvgIpc) is 2.49. The molecule has 88 valence electrons. The van der Waals surface area contributed by atoms with E-state index >= 15 is 0 Å². The van der Waals surface area contributed by atoms with Crippen molar-refractivity contribution in [3.8, 4) is 11.4 Å². The van der Waals surface area contributed by atoms with Crippen molar-refractivity contribution in [2.75, 3.05) is 0 Å². The van der Waals surface area contributed by atoms with Gasteiger partial charge in [0.1, 0.15) is 0 Å². The van der Waals surface area contributed by atoms with Gasteiger partial charge in [0.05, 0.1) is 22.8 Å². The van der Waals surface area contributed by atoms with Crippen LogP contribution in [-0.2, 0) is 0 Å². The normalized spacial score (nSPS) is 14.3. The summed E-state index contributed by atoms with van der Waals surface area (Å²) in [4.78, 5) is 13.3. The zero-order valence-electron chi connectivity index (χ0n) is 9.95. The molecule has 0 aromatic carbocycles. The van der Waals surface area contributed by atoms with Crippen LogP contribution in [0.4, 0.5) is 0 Å². The van der Waals surface area contributed by atoms with Crippen molar-refractivity contribution in [2.24, 2.45) is 4.99 Å². The highest BCUT2D eigenvalue weighted by molar-refractivity contribution is 6.00. The van der Waals surface area contributed by atoms with Crippen molar-refractivity contribution in [1.29, 1.82) is 0 Å². The maximum Gasteiger partial charge on any atom is 0.0894 e. The molecule has 0 unspecified atom stereocenters. The fourth-order valence-corrected chi connectivity index (χ4v) is 1.95. The third-order valence-electron chi connectivity index (χ3n) is 2.86. The molecule has 0 saturated heterocycles. The molecular weight excluding hydrogens is 222 g/mol. The van der Waals surface area contributed by atoms with E-state index in [0.29, 0.717) is 0 Å². The molecule has 3 heterocycles. The zero-order valence-corrected chi connectivity index (χ0v) is 9.95. The lowest BCUT2D eigenvalue weighted by Crippen LogP contribution is -2.05. The first kappa shape index (κ1) is 10.8. The number of aromatic nitrogens is 2. The van der Waals surface area contributed by atoms with Crippen LogP contribution in [-0.4, -0.2) is 15.7 Å². The van der Waals surface area contributed by atoms with E-state index in [0.717, 1.165) is 35.6 Å². The minimum absolute atomic E-state index is 0.894. The summed E-state index contributed by atoms with van der Waals surface area (Å²) in [6, 6.07) is 11.8. The predicted molar refractivity (Wildman–Crippen MR) is 72.4 cm³/mol. The van der Waals surface area contributed by atoms with Gasteiger partial charge in [-0.25, -0.2) is 4.98 Å². The molecule has 0 bridgehead atoms. The van der Waals surface area contributed by atoms with Gasteiger partial charge in [-0.3, -0.25) is 9.98 Å². The van der Waals surface area contributed by atoms with Crippen LogP contribution in [0.25, 0.3) is 11.4 Å². The largest absolute Gasteiger partial charge is 0.259 e. The Morgan fingerprint density at radius 1 is 0.889 bits per heavy atom. The minimum Gasteiger partial charge on any atom is -0.259 e. The number of nitrogens with zero attached hydrogens (tertiary/aromatic N) is 3. The Bertz CT molecular complexity index is 600. The van der Waals surface area contributed by atoms with Gasteiger partial charge >= 0.3 is 0 Å². The van der Waals surface area contributed by atoms with Crippen LogP contribution in [0.15, 0.2) is 59.9 Å². The zero-order chi connectivity index (χ0) is 12.2. The Morgan fingerprint density at radius 3 is 2.56 bits per heavy atom. The summed E-state index contributed by atoms with van der Waals surface area (Å²) in [5.74, 6) is 0. The standard InChI is InChI=1S/C15H13N3/c1-3-10-16-12(6-1)14-8-5-9-15(18-14)13-7-2-4-11-17-13/h1,3-6,8-11H,2,7H2. The van der Waals surface area contributed by atoms with Crippen LogP contribution >= 0.6 is 0 Å². The second kappa shape index (κ2) is 4.92. The quantitative estimate of drug-likeness (QED) is 0.801. The highest BCUT2D eigenvalue weighted by atomic mass is 14.8. The van der Waals surface area contributed by atoms with Crippen molar-refractivity contribution in [2.45, 2.75) is 12.8 Å². The van der Waals surface area contributed by atoms with E-state index < -0.39 is 0 Å². The van der Waals surface area contributed by atoms with Crippen LogP contribution in [0.5, 0.6) is 0 Å². The molecule has 3 nitrogen and oxygen atoms in total.